The first-order valence-corrected chi connectivity index (χ1v) is 8.59. The molecule has 6 heteroatoms. The number of carbonyl (C=O) groups is 1. The molecule has 0 saturated heterocycles. The van der Waals surface area contributed by atoms with Crippen molar-refractivity contribution in [2.45, 2.75) is 24.7 Å². The zero-order valence-electron chi connectivity index (χ0n) is 11.7. The van der Waals surface area contributed by atoms with Crippen molar-refractivity contribution >= 4 is 39.7 Å². The van der Waals surface area contributed by atoms with Gasteiger partial charge in [0.05, 0.1) is 10.6 Å². The summed E-state index contributed by atoms with van der Waals surface area (Å²) in [4.78, 5) is 15.9. The standard InChI is InChI=1S/C13H21N3OS2/c1-4-16(7-8-5-6-8)13-11(18-3)9(14)10(19-13)12(17)15-2/h8H,4-7,14H2,1-3H3,(H,15,17). The monoisotopic (exact) mass is 299 g/mol. The molecule has 1 fully saturated rings. The average molecular weight is 299 g/mol. The molecule has 0 aliphatic heterocycles. The van der Waals surface area contributed by atoms with Crippen LogP contribution in [0.2, 0.25) is 0 Å². The number of nitrogens with zero attached hydrogens (tertiary/aromatic N) is 1. The van der Waals surface area contributed by atoms with Crippen molar-refractivity contribution in [3.05, 3.63) is 4.88 Å². The van der Waals surface area contributed by atoms with Crippen LogP contribution in [0, 0.1) is 5.92 Å². The highest BCUT2D eigenvalue weighted by Gasteiger charge is 2.28. The van der Waals surface area contributed by atoms with Gasteiger partial charge in [-0.3, -0.25) is 4.79 Å². The van der Waals surface area contributed by atoms with Gasteiger partial charge in [0.15, 0.2) is 0 Å². The Kier molecular flexibility index (Phi) is 4.62. The van der Waals surface area contributed by atoms with Crippen LogP contribution in [0.15, 0.2) is 4.90 Å². The lowest BCUT2D eigenvalue weighted by Crippen LogP contribution is -2.24. The van der Waals surface area contributed by atoms with Crippen molar-refractivity contribution < 1.29 is 4.79 Å². The molecule has 0 atom stereocenters. The Morgan fingerprint density at radius 1 is 1.58 bits per heavy atom. The summed E-state index contributed by atoms with van der Waals surface area (Å²) in [5.41, 5.74) is 6.76. The summed E-state index contributed by atoms with van der Waals surface area (Å²) in [7, 11) is 1.64. The van der Waals surface area contributed by atoms with E-state index in [1.165, 1.54) is 24.2 Å². The SMILES string of the molecule is CCN(CC1CC1)c1sc(C(=O)NC)c(N)c1SC. The average Bonchev–Trinajstić information content (AvgIpc) is 3.18. The number of rotatable bonds is 6. The van der Waals surface area contributed by atoms with Crippen molar-refractivity contribution in [1.29, 1.82) is 0 Å². The lowest BCUT2D eigenvalue weighted by molar-refractivity contribution is 0.0968. The second-order valence-corrected chi connectivity index (χ2v) is 6.56. The van der Waals surface area contributed by atoms with Gasteiger partial charge in [-0.15, -0.1) is 23.1 Å². The Hall–Kier alpha value is -0.880. The lowest BCUT2D eigenvalue weighted by atomic mass is 10.3. The summed E-state index contributed by atoms with van der Waals surface area (Å²) in [5, 5.41) is 3.81. The fourth-order valence-electron chi connectivity index (χ4n) is 2.07. The van der Waals surface area contributed by atoms with Crippen LogP contribution in [0.4, 0.5) is 10.7 Å². The maximum absolute atomic E-state index is 11.9. The minimum atomic E-state index is -0.0912. The molecule has 3 N–H and O–H groups in total. The highest BCUT2D eigenvalue weighted by atomic mass is 32.2. The molecular formula is C13H21N3OS2. The van der Waals surface area contributed by atoms with Crippen LogP contribution < -0.4 is 16.0 Å². The maximum Gasteiger partial charge on any atom is 0.263 e. The number of thioether (sulfide) groups is 1. The predicted octanol–water partition coefficient (Wildman–Crippen LogP) is 2.65. The minimum absolute atomic E-state index is 0.0912. The molecule has 1 aromatic rings. The zero-order valence-corrected chi connectivity index (χ0v) is 13.3. The molecule has 1 amide bonds. The number of anilines is 2. The number of carbonyl (C=O) groups excluding carboxylic acids is 1. The maximum atomic E-state index is 11.9. The summed E-state index contributed by atoms with van der Waals surface area (Å²) in [6, 6.07) is 0. The Morgan fingerprint density at radius 3 is 2.74 bits per heavy atom. The first-order chi connectivity index (χ1) is 9.12. The summed E-state index contributed by atoms with van der Waals surface area (Å²) in [5.74, 6) is 0.730. The normalized spacial score (nSPS) is 14.5. The van der Waals surface area contributed by atoms with E-state index in [1.807, 2.05) is 6.26 Å². The van der Waals surface area contributed by atoms with E-state index in [0.29, 0.717) is 10.6 Å². The van der Waals surface area contributed by atoms with E-state index in [1.54, 1.807) is 18.8 Å². The molecule has 1 heterocycles. The summed E-state index contributed by atoms with van der Waals surface area (Å²) >= 11 is 3.14. The first kappa shape index (κ1) is 14.5. The molecule has 0 radical (unpaired) electrons. The molecule has 4 nitrogen and oxygen atoms in total. The van der Waals surface area contributed by atoms with Gasteiger partial charge >= 0.3 is 0 Å². The second kappa shape index (κ2) is 6.05. The molecule has 1 aliphatic carbocycles. The molecule has 1 aromatic heterocycles. The van der Waals surface area contributed by atoms with Crippen molar-refractivity contribution in [1.82, 2.24) is 5.32 Å². The van der Waals surface area contributed by atoms with Crippen LogP contribution in [0.3, 0.4) is 0 Å². The van der Waals surface area contributed by atoms with Crippen molar-refractivity contribution in [3.63, 3.8) is 0 Å². The largest absolute Gasteiger partial charge is 0.396 e. The Balaban J connectivity index is 2.33. The number of amides is 1. The molecule has 0 bridgehead atoms. The van der Waals surface area contributed by atoms with E-state index in [2.05, 4.69) is 17.1 Å². The fraction of sp³-hybridized carbons (Fsp3) is 0.615. The lowest BCUT2D eigenvalue weighted by Gasteiger charge is -2.22. The highest BCUT2D eigenvalue weighted by molar-refractivity contribution is 7.99. The molecule has 0 spiro atoms. The fourth-order valence-corrected chi connectivity index (χ4v) is 4.27. The minimum Gasteiger partial charge on any atom is -0.396 e. The highest BCUT2D eigenvalue weighted by Crippen LogP contribution is 2.45. The van der Waals surface area contributed by atoms with E-state index in [0.717, 1.165) is 28.9 Å². The van der Waals surface area contributed by atoms with E-state index in [9.17, 15) is 4.79 Å². The smallest absolute Gasteiger partial charge is 0.263 e. The topological polar surface area (TPSA) is 58.4 Å². The molecule has 0 aromatic carbocycles. The first-order valence-electron chi connectivity index (χ1n) is 6.55. The van der Waals surface area contributed by atoms with Gasteiger partial charge in [0.2, 0.25) is 0 Å². The number of nitrogen functional groups attached to an aromatic ring is 1. The van der Waals surface area contributed by atoms with Gasteiger partial charge in [0.1, 0.15) is 9.88 Å². The molecule has 0 unspecified atom stereocenters. The van der Waals surface area contributed by atoms with Crippen LogP contribution in [-0.2, 0) is 0 Å². The van der Waals surface area contributed by atoms with Gasteiger partial charge in [0, 0.05) is 20.1 Å². The Morgan fingerprint density at radius 2 is 2.26 bits per heavy atom. The van der Waals surface area contributed by atoms with E-state index in [-0.39, 0.29) is 5.91 Å². The van der Waals surface area contributed by atoms with Gasteiger partial charge in [-0.2, -0.15) is 0 Å². The van der Waals surface area contributed by atoms with Gasteiger partial charge in [-0.25, -0.2) is 0 Å². The van der Waals surface area contributed by atoms with Gasteiger partial charge < -0.3 is 16.0 Å². The Labute approximate surface area is 122 Å². The van der Waals surface area contributed by atoms with Crippen molar-refractivity contribution in [2.24, 2.45) is 5.92 Å². The van der Waals surface area contributed by atoms with E-state index < -0.39 is 0 Å². The summed E-state index contributed by atoms with van der Waals surface area (Å²) in [6.07, 6.45) is 4.67. The van der Waals surface area contributed by atoms with Crippen LogP contribution in [0.25, 0.3) is 0 Å². The van der Waals surface area contributed by atoms with Gasteiger partial charge in [-0.05, 0) is 31.9 Å². The number of nitrogens with two attached hydrogens (primary N) is 1. The van der Waals surface area contributed by atoms with Crippen molar-refractivity contribution in [2.75, 3.05) is 37.0 Å². The second-order valence-electron chi connectivity index (χ2n) is 4.74. The molecule has 106 valence electrons. The van der Waals surface area contributed by atoms with Gasteiger partial charge in [0.25, 0.3) is 5.91 Å². The van der Waals surface area contributed by atoms with Crippen molar-refractivity contribution in [3.8, 4) is 0 Å². The summed E-state index contributed by atoms with van der Waals surface area (Å²) < 4.78 is 0. The predicted molar refractivity (Wildman–Crippen MR) is 84.5 cm³/mol. The zero-order chi connectivity index (χ0) is 14.0. The number of hydrogen-bond acceptors (Lipinski definition) is 5. The van der Waals surface area contributed by atoms with Crippen LogP contribution >= 0.6 is 23.1 Å². The van der Waals surface area contributed by atoms with E-state index >= 15 is 0 Å². The molecule has 2 rings (SSSR count). The van der Waals surface area contributed by atoms with Crippen LogP contribution in [0.1, 0.15) is 29.4 Å². The number of nitrogens with one attached hydrogen (secondary N) is 1. The summed E-state index contributed by atoms with van der Waals surface area (Å²) in [6.45, 7) is 4.19. The van der Waals surface area contributed by atoms with Crippen LogP contribution in [0.5, 0.6) is 0 Å². The molecular weight excluding hydrogens is 278 g/mol. The third kappa shape index (κ3) is 3.00. The third-order valence-corrected chi connectivity index (χ3v) is 5.58. The van der Waals surface area contributed by atoms with Crippen LogP contribution in [-0.4, -0.2) is 32.3 Å². The van der Waals surface area contributed by atoms with E-state index in [4.69, 9.17) is 5.73 Å². The quantitative estimate of drug-likeness (QED) is 0.793. The Bertz CT molecular complexity index is 469. The molecule has 1 saturated carbocycles. The molecule has 1 aliphatic rings. The number of thiophene rings is 1. The third-order valence-electron chi connectivity index (χ3n) is 3.36. The van der Waals surface area contributed by atoms with Gasteiger partial charge in [-0.1, -0.05) is 0 Å². The molecule has 19 heavy (non-hydrogen) atoms. The number of hydrogen-bond donors (Lipinski definition) is 2.